The first-order valence-corrected chi connectivity index (χ1v) is 8.77. The summed E-state index contributed by atoms with van der Waals surface area (Å²) in [4.78, 5) is 8.98. The van der Waals surface area contributed by atoms with Crippen molar-refractivity contribution in [1.29, 1.82) is 0 Å². The molecule has 0 atom stereocenters. The third kappa shape index (κ3) is 7.04. The maximum Gasteiger partial charge on any atom is 0.191 e. The Labute approximate surface area is 136 Å². The fourth-order valence-corrected chi connectivity index (χ4v) is 2.58. The zero-order chi connectivity index (χ0) is 15.6. The first-order valence-electron chi connectivity index (χ1n) is 7.89. The van der Waals surface area contributed by atoms with Gasteiger partial charge in [-0.25, -0.2) is 9.98 Å². The largest absolute Gasteiger partial charge is 0.381 e. The van der Waals surface area contributed by atoms with E-state index in [9.17, 15) is 0 Å². The SMILES string of the molecule is C=CCNC(=NCc1nc(C)cs1)NCCCOCC1CC1. The fraction of sp³-hybridized carbons (Fsp3) is 0.625. The molecule has 0 amide bonds. The van der Waals surface area contributed by atoms with E-state index in [1.54, 1.807) is 11.3 Å². The van der Waals surface area contributed by atoms with Gasteiger partial charge >= 0.3 is 0 Å². The van der Waals surface area contributed by atoms with Crippen LogP contribution in [0.15, 0.2) is 23.0 Å². The summed E-state index contributed by atoms with van der Waals surface area (Å²) in [6, 6.07) is 0. The van der Waals surface area contributed by atoms with Crippen LogP contribution in [-0.2, 0) is 11.3 Å². The molecule has 1 aromatic rings. The molecule has 122 valence electrons. The van der Waals surface area contributed by atoms with Crippen molar-refractivity contribution in [1.82, 2.24) is 15.6 Å². The molecule has 1 aromatic heterocycles. The molecule has 0 aromatic carbocycles. The number of nitrogens with one attached hydrogen (secondary N) is 2. The standard InChI is InChI=1S/C16H26N4OS/c1-3-7-17-16(19-10-15-20-13(2)12-22-15)18-8-4-9-21-11-14-5-6-14/h3,12,14H,1,4-11H2,2H3,(H2,17,18,19). The molecule has 22 heavy (non-hydrogen) atoms. The Morgan fingerprint density at radius 1 is 1.55 bits per heavy atom. The third-order valence-electron chi connectivity index (χ3n) is 3.26. The van der Waals surface area contributed by atoms with Gasteiger partial charge in [-0.15, -0.1) is 17.9 Å². The highest BCUT2D eigenvalue weighted by Gasteiger charge is 2.20. The summed E-state index contributed by atoms with van der Waals surface area (Å²) in [7, 11) is 0. The van der Waals surface area contributed by atoms with E-state index in [0.717, 1.165) is 48.8 Å². The minimum Gasteiger partial charge on any atom is -0.381 e. The molecule has 1 aliphatic rings. The highest BCUT2D eigenvalue weighted by molar-refractivity contribution is 7.09. The predicted octanol–water partition coefficient (Wildman–Crippen LogP) is 2.49. The Kier molecular flexibility index (Phi) is 7.39. The molecule has 0 radical (unpaired) electrons. The Morgan fingerprint density at radius 3 is 3.09 bits per heavy atom. The quantitative estimate of drug-likeness (QED) is 0.301. The number of aliphatic imine (C=N–C) groups is 1. The molecular formula is C16H26N4OS. The van der Waals surface area contributed by atoms with Gasteiger partial charge in [0.1, 0.15) is 5.01 Å². The summed E-state index contributed by atoms with van der Waals surface area (Å²) < 4.78 is 5.63. The first kappa shape index (κ1) is 17.0. The van der Waals surface area contributed by atoms with Crippen LogP contribution < -0.4 is 10.6 Å². The Morgan fingerprint density at radius 2 is 2.41 bits per heavy atom. The lowest BCUT2D eigenvalue weighted by Crippen LogP contribution is -2.38. The van der Waals surface area contributed by atoms with E-state index in [1.807, 2.05) is 18.4 Å². The number of hydrogen-bond donors (Lipinski definition) is 2. The monoisotopic (exact) mass is 322 g/mol. The molecule has 0 unspecified atom stereocenters. The topological polar surface area (TPSA) is 58.5 Å². The van der Waals surface area contributed by atoms with E-state index < -0.39 is 0 Å². The van der Waals surface area contributed by atoms with Gasteiger partial charge in [-0.1, -0.05) is 6.08 Å². The van der Waals surface area contributed by atoms with E-state index in [1.165, 1.54) is 12.8 Å². The van der Waals surface area contributed by atoms with Crippen molar-refractivity contribution >= 4 is 17.3 Å². The van der Waals surface area contributed by atoms with Gasteiger partial charge in [-0.2, -0.15) is 0 Å². The molecular weight excluding hydrogens is 296 g/mol. The maximum absolute atomic E-state index is 5.63. The van der Waals surface area contributed by atoms with Crippen LogP contribution in [0, 0.1) is 12.8 Å². The number of guanidine groups is 1. The number of nitrogens with zero attached hydrogens (tertiary/aromatic N) is 2. The highest BCUT2D eigenvalue weighted by atomic mass is 32.1. The lowest BCUT2D eigenvalue weighted by molar-refractivity contribution is 0.123. The highest BCUT2D eigenvalue weighted by Crippen LogP contribution is 2.28. The van der Waals surface area contributed by atoms with Gasteiger partial charge in [0.25, 0.3) is 0 Å². The van der Waals surface area contributed by atoms with Gasteiger partial charge in [0.05, 0.1) is 6.54 Å². The molecule has 1 saturated carbocycles. The molecule has 0 bridgehead atoms. The van der Waals surface area contributed by atoms with E-state index in [0.29, 0.717) is 13.1 Å². The summed E-state index contributed by atoms with van der Waals surface area (Å²) in [5, 5.41) is 9.63. The number of ether oxygens (including phenoxy) is 1. The van der Waals surface area contributed by atoms with E-state index in [4.69, 9.17) is 4.74 Å². The first-order chi connectivity index (χ1) is 10.8. The normalized spacial score (nSPS) is 14.9. The Hall–Kier alpha value is -1.40. The predicted molar refractivity (Wildman–Crippen MR) is 92.4 cm³/mol. The van der Waals surface area contributed by atoms with E-state index in [-0.39, 0.29) is 0 Å². The Balaban J connectivity index is 1.66. The van der Waals surface area contributed by atoms with Crippen LogP contribution in [0.4, 0.5) is 0 Å². The van der Waals surface area contributed by atoms with Crippen LogP contribution in [0.1, 0.15) is 30.0 Å². The van der Waals surface area contributed by atoms with Gasteiger partial charge in [0, 0.05) is 37.4 Å². The van der Waals surface area contributed by atoms with Crippen molar-refractivity contribution in [3.63, 3.8) is 0 Å². The Bertz CT molecular complexity index is 482. The van der Waals surface area contributed by atoms with Gasteiger partial charge in [0.2, 0.25) is 0 Å². The van der Waals surface area contributed by atoms with Crippen molar-refractivity contribution in [2.24, 2.45) is 10.9 Å². The van der Waals surface area contributed by atoms with Crippen LogP contribution in [0.2, 0.25) is 0 Å². The second kappa shape index (κ2) is 9.58. The van der Waals surface area contributed by atoms with Crippen molar-refractivity contribution in [3.05, 3.63) is 28.7 Å². The second-order valence-corrected chi connectivity index (χ2v) is 6.46. The van der Waals surface area contributed by atoms with Crippen LogP contribution in [0.5, 0.6) is 0 Å². The number of aromatic nitrogens is 1. The van der Waals surface area contributed by atoms with Gasteiger partial charge in [0.15, 0.2) is 5.96 Å². The third-order valence-corrected chi connectivity index (χ3v) is 4.21. The van der Waals surface area contributed by atoms with Crippen molar-refractivity contribution < 1.29 is 4.74 Å². The molecule has 5 nitrogen and oxygen atoms in total. The van der Waals surface area contributed by atoms with Crippen LogP contribution in [-0.4, -0.2) is 37.2 Å². The molecule has 2 N–H and O–H groups in total. The summed E-state index contributed by atoms with van der Waals surface area (Å²) in [5.41, 5.74) is 1.05. The van der Waals surface area contributed by atoms with Crippen LogP contribution in [0.3, 0.4) is 0 Å². The molecule has 0 spiro atoms. The molecule has 2 rings (SSSR count). The van der Waals surface area contributed by atoms with Crippen molar-refractivity contribution in [3.8, 4) is 0 Å². The summed E-state index contributed by atoms with van der Waals surface area (Å²) in [5.74, 6) is 1.64. The van der Waals surface area contributed by atoms with Gasteiger partial charge in [-0.05, 0) is 32.1 Å². The summed E-state index contributed by atoms with van der Waals surface area (Å²) in [6.07, 6.45) is 5.49. The molecule has 1 heterocycles. The minimum absolute atomic E-state index is 0.600. The van der Waals surface area contributed by atoms with E-state index in [2.05, 4.69) is 27.2 Å². The van der Waals surface area contributed by atoms with Crippen molar-refractivity contribution in [2.75, 3.05) is 26.3 Å². The smallest absolute Gasteiger partial charge is 0.191 e. The summed E-state index contributed by atoms with van der Waals surface area (Å²) in [6.45, 7) is 9.61. The average molecular weight is 322 g/mol. The fourth-order valence-electron chi connectivity index (χ4n) is 1.88. The van der Waals surface area contributed by atoms with Gasteiger partial charge in [-0.3, -0.25) is 0 Å². The molecule has 0 aliphatic heterocycles. The number of aryl methyl sites for hydroxylation is 1. The lowest BCUT2D eigenvalue weighted by Gasteiger charge is -2.11. The number of hydrogen-bond acceptors (Lipinski definition) is 4. The van der Waals surface area contributed by atoms with Gasteiger partial charge < -0.3 is 15.4 Å². The van der Waals surface area contributed by atoms with Crippen LogP contribution in [0.25, 0.3) is 0 Å². The number of thiazole rings is 1. The molecule has 6 heteroatoms. The zero-order valence-corrected chi connectivity index (χ0v) is 14.1. The minimum atomic E-state index is 0.600. The maximum atomic E-state index is 5.63. The van der Waals surface area contributed by atoms with Crippen LogP contribution >= 0.6 is 11.3 Å². The molecule has 0 saturated heterocycles. The zero-order valence-electron chi connectivity index (χ0n) is 13.3. The lowest BCUT2D eigenvalue weighted by atomic mass is 10.4. The average Bonchev–Trinajstić information content (AvgIpc) is 3.25. The second-order valence-electron chi connectivity index (χ2n) is 5.52. The number of rotatable bonds is 10. The summed E-state index contributed by atoms with van der Waals surface area (Å²) >= 11 is 1.64. The molecule has 1 fully saturated rings. The van der Waals surface area contributed by atoms with Crippen molar-refractivity contribution in [2.45, 2.75) is 32.7 Å². The van der Waals surface area contributed by atoms with E-state index >= 15 is 0 Å². The molecule has 1 aliphatic carbocycles.